The van der Waals surface area contributed by atoms with Crippen LogP contribution >= 0.6 is 23.4 Å². The van der Waals surface area contributed by atoms with E-state index in [0.29, 0.717) is 5.69 Å². The van der Waals surface area contributed by atoms with E-state index in [0.717, 1.165) is 31.9 Å². The highest BCUT2D eigenvalue weighted by molar-refractivity contribution is 6.37. The van der Waals surface area contributed by atoms with Crippen LogP contribution in [0.25, 0.3) is 0 Å². The van der Waals surface area contributed by atoms with Crippen LogP contribution in [-0.4, -0.2) is 33.5 Å². The lowest BCUT2D eigenvalue weighted by Gasteiger charge is -2.40. The van der Waals surface area contributed by atoms with E-state index in [4.69, 9.17) is 23.4 Å². The molecule has 1 aliphatic heterocycles. The number of rotatable bonds is 3. The van der Waals surface area contributed by atoms with Crippen molar-refractivity contribution in [2.75, 3.05) is 5.32 Å². The Morgan fingerprint density at radius 3 is 2.44 bits per heavy atom. The lowest BCUT2D eigenvalue weighted by Crippen LogP contribution is -2.59. The Hall–Kier alpha value is -1.93. The molecule has 5 nitrogen and oxygen atoms in total. The number of nitrogens with zero attached hydrogens (tertiary/aromatic N) is 2. The van der Waals surface area contributed by atoms with Crippen molar-refractivity contribution in [2.45, 2.75) is 42.9 Å². The van der Waals surface area contributed by atoms with Crippen molar-refractivity contribution in [1.82, 2.24) is 9.74 Å². The molecule has 10 heteroatoms. The third-order valence-corrected chi connectivity index (χ3v) is 5.56. The number of halogens is 5. The molecule has 146 valence electrons. The Kier molecular flexibility index (Phi) is 5.58. The highest BCUT2D eigenvalue weighted by Crippen LogP contribution is 2.47. The number of para-hydroxylation sites is 1. The van der Waals surface area contributed by atoms with Crippen LogP contribution in [0, 0.1) is 0 Å². The molecule has 3 rings (SSSR count). The number of anilines is 1. The molecule has 2 N–H and O–H groups in total. The molecule has 1 saturated carbocycles. The average Bonchev–Trinajstić information content (AvgIpc) is 3.12. The van der Waals surface area contributed by atoms with Crippen LogP contribution in [0.1, 0.15) is 25.7 Å². The SMILES string of the molecule is O=C(NC1CCCC1)C1=CN=C(Nc2ccccc2)N(Cl)C1(Cl)C(F)(F)F. The number of benzene rings is 1. The standard InChI is InChI=1S/C17H17Cl2F3N4O/c18-16(17(20,21)22)13(14(27)24-11-8-4-5-9-11)10-23-15(26(16)19)25-12-6-2-1-3-7-12/h1-3,6-7,10-11H,4-5,8-9H2,(H,23,25)(H,24,27). The summed E-state index contributed by atoms with van der Waals surface area (Å²) in [4.78, 5) is 13.1. The van der Waals surface area contributed by atoms with Crippen LogP contribution < -0.4 is 10.6 Å². The van der Waals surface area contributed by atoms with E-state index in [9.17, 15) is 18.0 Å². The van der Waals surface area contributed by atoms with Gasteiger partial charge in [0.05, 0.1) is 5.57 Å². The van der Waals surface area contributed by atoms with Crippen LogP contribution in [0.5, 0.6) is 0 Å². The van der Waals surface area contributed by atoms with E-state index >= 15 is 0 Å². The van der Waals surface area contributed by atoms with Crippen LogP contribution in [0.2, 0.25) is 0 Å². The number of amides is 1. The summed E-state index contributed by atoms with van der Waals surface area (Å²) >= 11 is 11.9. The number of hydrogen-bond acceptors (Lipinski definition) is 4. The van der Waals surface area contributed by atoms with Gasteiger partial charge < -0.3 is 10.6 Å². The fraction of sp³-hybridized carbons (Fsp3) is 0.412. The molecular formula is C17H17Cl2F3N4O. The Morgan fingerprint density at radius 1 is 1.22 bits per heavy atom. The maximum atomic E-state index is 13.9. The summed E-state index contributed by atoms with van der Waals surface area (Å²) in [6, 6.07) is 8.21. The van der Waals surface area contributed by atoms with Crippen LogP contribution in [-0.2, 0) is 4.79 Å². The van der Waals surface area contributed by atoms with Crippen molar-refractivity contribution >= 4 is 40.9 Å². The molecule has 0 bridgehead atoms. The molecule has 1 amide bonds. The minimum absolute atomic E-state index is 0.177. The fourth-order valence-corrected chi connectivity index (χ4v) is 3.54. The minimum atomic E-state index is -5.03. The van der Waals surface area contributed by atoms with Gasteiger partial charge in [-0.3, -0.25) is 4.79 Å². The summed E-state index contributed by atoms with van der Waals surface area (Å²) in [5, 5.41) is 5.27. The van der Waals surface area contributed by atoms with Gasteiger partial charge in [-0.25, -0.2) is 9.41 Å². The van der Waals surface area contributed by atoms with Gasteiger partial charge in [-0.1, -0.05) is 42.6 Å². The Balaban J connectivity index is 1.92. The number of aliphatic imine (C=N–C) groups is 1. The summed E-state index contributed by atoms with van der Waals surface area (Å²) in [6.45, 7) is 0. The summed E-state index contributed by atoms with van der Waals surface area (Å²) in [6.07, 6.45) is -0.950. The molecule has 0 aromatic heterocycles. The number of carbonyl (C=O) groups excluding carboxylic acids is 1. The topological polar surface area (TPSA) is 56.7 Å². The van der Waals surface area contributed by atoms with Gasteiger partial charge in [-0.2, -0.15) is 13.2 Å². The van der Waals surface area contributed by atoms with E-state index in [-0.39, 0.29) is 16.4 Å². The van der Waals surface area contributed by atoms with Gasteiger partial charge in [0.25, 0.3) is 10.9 Å². The molecule has 27 heavy (non-hydrogen) atoms. The van der Waals surface area contributed by atoms with Gasteiger partial charge in [-0.15, -0.1) is 0 Å². The third kappa shape index (κ3) is 3.87. The van der Waals surface area contributed by atoms with Crippen LogP contribution in [0.3, 0.4) is 0 Å². The monoisotopic (exact) mass is 420 g/mol. The van der Waals surface area contributed by atoms with Gasteiger partial charge in [-0.05, 0) is 25.0 Å². The van der Waals surface area contributed by atoms with E-state index in [1.54, 1.807) is 30.3 Å². The first-order chi connectivity index (χ1) is 12.7. The highest BCUT2D eigenvalue weighted by atomic mass is 35.5. The quantitative estimate of drug-likeness (QED) is 0.433. The van der Waals surface area contributed by atoms with E-state index in [1.807, 2.05) is 0 Å². The molecule has 1 fully saturated rings. The van der Waals surface area contributed by atoms with E-state index in [1.165, 1.54) is 0 Å². The molecule has 0 radical (unpaired) electrons. The van der Waals surface area contributed by atoms with Gasteiger partial charge in [0.1, 0.15) is 0 Å². The Labute approximate surface area is 164 Å². The Morgan fingerprint density at radius 2 is 1.85 bits per heavy atom. The number of carbonyl (C=O) groups is 1. The number of alkyl halides is 4. The molecule has 1 heterocycles. The van der Waals surface area contributed by atoms with Crippen molar-refractivity contribution in [3.05, 3.63) is 42.1 Å². The molecule has 1 unspecified atom stereocenters. The second kappa shape index (κ2) is 7.59. The van der Waals surface area contributed by atoms with Crippen molar-refractivity contribution in [3.63, 3.8) is 0 Å². The predicted molar refractivity (Wildman–Crippen MR) is 98.3 cm³/mol. The number of hydrogen-bond donors (Lipinski definition) is 2. The number of nitrogens with one attached hydrogen (secondary N) is 2. The zero-order valence-electron chi connectivity index (χ0n) is 14.1. The molecule has 0 saturated heterocycles. The van der Waals surface area contributed by atoms with E-state index < -0.39 is 22.7 Å². The predicted octanol–water partition coefficient (Wildman–Crippen LogP) is 4.36. The fourth-order valence-electron chi connectivity index (χ4n) is 3.05. The van der Waals surface area contributed by atoms with Crippen LogP contribution in [0.4, 0.5) is 18.9 Å². The molecule has 1 aromatic rings. The summed E-state index contributed by atoms with van der Waals surface area (Å²) < 4.78 is 41.8. The summed E-state index contributed by atoms with van der Waals surface area (Å²) in [5.74, 6) is -1.27. The van der Waals surface area contributed by atoms with Crippen molar-refractivity contribution in [3.8, 4) is 0 Å². The first-order valence-corrected chi connectivity index (χ1v) is 9.08. The summed E-state index contributed by atoms with van der Waals surface area (Å²) in [5.41, 5.74) is -0.299. The smallest absolute Gasteiger partial charge is 0.349 e. The summed E-state index contributed by atoms with van der Waals surface area (Å²) in [7, 11) is 0. The lowest BCUT2D eigenvalue weighted by molar-refractivity contribution is -0.172. The first kappa shape index (κ1) is 19.8. The minimum Gasteiger partial charge on any atom is -0.349 e. The lowest BCUT2D eigenvalue weighted by atomic mass is 10.0. The normalized spacial score (nSPS) is 23.7. The van der Waals surface area contributed by atoms with Crippen molar-refractivity contribution in [1.29, 1.82) is 0 Å². The van der Waals surface area contributed by atoms with Crippen molar-refractivity contribution in [2.24, 2.45) is 4.99 Å². The largest absolute Gasteiger partial charge is 0.431 e. The average molecular weight is 421 g/mol. The van der Waals surface area contributed by atoms with Crippen LogP contribution in [0.15, 0.2) is 47.1 Å². The first-order valence-electron chi connectivity index (χ1n) is 8.36. The van der Waals surface area contributed by atoms with Gasteiger partial charge >= 0.3 is 6.18 Å². The second-order valence-corrected chi connectivity index (χ2v) is 7.23. The molecule has 1 aromatic carbocycles. The molecule has 2 aliphatic rings. The maximum Gasteiger partial charge on any atom is 0.431 e. The van der Waals surface area contributed by atoms with Gasteiger partial charge in [0.2, 0.25) is 5.96 Å². The molecular weight excluding hydrogens is 404 g/mol. The van der Waals surface area contributed by atoms with Gasteiger partial charge in [0.15, 0.2) is 0 Å². The number of guanidine groups is 1. The zero-order chi connectivity index (χ0) is 19.7. The highest BCUT2D eigenvalue weighted by Gasteiger charge is 2.64. The van der Waals surface area contributed by atoms with Crippen molar-refractivity contribution < 1.29 is 18.0 Å². The Bertz CT molecular complexity index is 763. The third-order valence-electron chi connectivity index (χ3n) is 4.47. The van der Waals surface area contributed by atoms with Gasteiger partial charge in [0, 0.05) is 29.7 Å². The van der Waals surface area contributed by atoms with E-state index in [2.05, 4.69) is 15.6 Å². The molecule has 0 spiro atoms. The zero-order valence-corrected chi connectivity index (χ0v) is 15.6. The second-order valence-electron chi connectivity index (χ2n) is 6.34. The molecule has 1 aliphatic carbocycles. The molecule has 1 atom stereocenters. The maximum absolute atomic E-state index is 13.9.